The molecule has 0 saturated carbocycles. The van der Waals surface area contributed by atoms with Crippen LogP contribution >= 0.6 is 11.8 Å². The number of allylic oxidation sites excluding steroid dienone is 2. The Morgan fingerprint density at radius 3 is 1.88 bits per heavy atom. The Kier molecular flexibility index (Phi) is 15.4. The Morgan fingerprint density at radius 1 is 0.808 bits per heavy atom. The van der Waals surface area contributed by atoms with Gasteiger partial charge in [-0.25, -0.2) is 0 Å². The molecule has 0 aliphatic carbocycles. The van der Waals surface area contributed by atoms with Crippen LogP contribution in [0.4, 0.5) is 0 Å². The van der Waals surface area contributed by atoms with Gasteiger partial charge in [-0.2, -0.15) is 0 Å². The van der Waals surface area contributed by atoms with Crippen molar-refractivity contribution in [3.63, 3.8) is 0 Å². The quantitative estimate of drug-likeness (QED) is 0.155. The van der Waals surface area contributed by atoms with Gasteiger partial charge in [-0.1, -0.05) is 114 Å². The SMILES string of the molecule is CCCCCCCCCCCCCC/C=C(\CC=O)Sc1ccccc1. The predicted octanol–water partition coefficient (Wildman–Crippen LogP) is 8.34. The minimum atomic E-state index is 0.540. The second-order valence-electron chi connectivity index (χ2n) is 7.13. The molecule has 1 aromatic rings. The summed E-state index contributed by atoms with van der Waals surface area (Å²) < 4.78 is 0. The maximum Gasteiger partial charge on any atom is 0.124 e. The lowest BCUT2D eigenvalue weighted by Crippen LogP contribution is -1.84. The van der Waals surface area contributed by atoms with E-state index in [0.717, 1.165) is 12.7 Å². The van der Waals surface area contributed by atoms with Crippen molar-refractivity contribution >= 4 is 18.0 Å². The predicted molar refractivity (Wildman–Crippen MR) is 117 cm³/mol. The van der Waals surface area contributed by atoms with Gasteiger partial charge in [-0.15, -0.1) is 0 Å². The smallest absolute Gasteiger partial charge is 0.124 e. The minimum absolute atomic E-state index is 0.540. The molecule has 0 atom stereocenters. The average Bonchev–Trinajstić information content (AvgIpc) is 2.66. The zero-order chi connectivity index (χ0) is 18.7. The average molecular weight is 375 g/mol. The first-order valence-corrected chi connectivity index (χ1v) is 11.5. The van der Waals surface area contributed by atoms with Gasteiger partial charge >= 0.3 is 0 Å². The summed E-state index contributed by atoms with van der Waals surface area (Å²) in [6.07, 6.45) is 21.5. The van der Waals surface area contributed by atoms with Crippen LogP contribution < -0.4 is 0 Å². The van der Waals surface area contributed by atoms with Gasteiger partial charge in [0.15, 0.2) is 0 Å². The molecule has 0 bridgehead atoms. The fourth-order valence-corrected chi connectivity index (χ4v) is 4.09. The molecule has 1 nitrogen and oxygen atoms in total. The van der Waals surface area contributed by atoms with E-state index in [9.17, 15) is 4.79 Å². The maximum atomic E-state index is 10.9. The zero-order valence-electron chi connectivity index (χ0n) is 16.8. The molecule has 146 valence electrons. The fourth-order valence-electron chi connectivity index (χ4n) is 3.14. The highest BCUT2D eigenvalue weighted by molar-refractivity contribution is 8.03. The van der Waals surface area contributed by atoms with Gasteiger partial charge in [0.05, 0.1) is 0 Å². The van der Waals surface area contributed by atoms with Crippen molar-refractivity contribution in [2.75, 3.05) is 0 Å². The number of thioether (sulfide) groups is 1. The molecule has 1 aromatic carbocycles. The van der Waals surface area contributed by atoms with Crippen LogP contribution in [0.5, 0.6) is 0 Å². The lowest BCUT2D eigenvalue weighted by atomic mass is 10.0. The molecular weight excluding hydrogens is 336 g/mol. The zero-order valence-corrected chi connectivity index (χ0v) is 17.6. The van der Waals surface area contributed by atoms with Gasteiger partial charge in [0.2, 0.25) is 0 Å². The first-order chi connectivity index (χ1) is 12.9. The van der Waals surface area contributed by atoms with Crippen LogP contribution in [0.25, 0.3) is 0 Å². The van der Waals surface area contributed by atoms with E-state index in [1.54, 1.807) is 11.8 Å². The van der Waals surface area contributed by atoms with Crippen molar-refractivity contribution in [1.82, 2.24) is 0 Å². The summed E-state index contributed by atoms with van der Waals surface area (Å²) in [4.78, 5) is 13.3. The molecule has 0 amide bonds. The van der Waals surface area contributed by atoms with Crippen LogP contribution in [-0.4, -0.2) is 6.29 Å². The van der Waals surface area contributed by atoms with Gasteiger partial charge in [0.1, 0.15) is 6.29 Å². The van der Waals surface area contributed by atoms with Crippen LogP contribution in [0.3, 0.4) is 0 Å². The summed E-state index contributed by atoms with van der Waals surface area (Å²) in [7, 11) is 0. The van der Waals surface area contributed by atoms with E-state index < -0.39 is 0 Å². The first-order valence-electron chi connectivity index (χ1n) is 10.7. The summed E-state index contributed by atoms with van der Waals surface area (Å²) in [6.45, 7) is 2.28. The van der Waals surface area contributed by atoms with E-state index in [2.05, 4.69) is 25.1 Å². The summed E-state index contributed by atoms with van der Waals surface area (Å²) >= 11 is 1.73. The lowest BCUT2D eigenvalue weighted by molar-refractivity contribution is -0.107. The van der Waals surface area contributed by atoms with Gasteiger partial charge in [0.25, 0.3) is 0 Å². The molecule has 0 unspecified atom stereocenters. The molecule has 0 fully saturated rings. The van der Waals surface area contributed by atoms with Crippen LogP contribution in [0, 0.1) is 0 Å². The third-order valence-corrected chi connectivity index (χ3v) is 5.81. The van der Waals surface area contributed by atoms with Crippen molar-refractivity contribution in [2.45, 2.75) is 102 Å². The molecule has 0 radical (unpaired) electrons. The molecular formula is C24H38OS. The van der Waals surface area contributed by atoms with Crippen LogP contribution in [0.2, 0.25) is 0 Å². The number of hydrogen-bond donors (Lipinski definition) is 0. The van der Waals surface area contributed by atoms with Gasteiger partial charge < -0.3 is 4.79 Å². The van der Waals surface area contributed by atoms with Crippen molar-refractivity contribution in [3.05, 3.63) is 41.3 Å². The molecule has 0 N–H and O–H groups in total. The fraction of sp³-hybridized carbons (Fsp3) is 0.625. The largest absolute Gasteiger partial charge is 0.303 e. The van der Waals surface area contributed by atoms with Crippen molar-refractivity contribution in [1.29, 1.82) is 0 Å². The summed E-state index contributed by atoms with van der Waals surface area (Å²) in [6, 6.07) is 10.3. The maximum absolute atomic E-state index is 10.9. The Bertz CT molecular complexity index is 466. The van der Waals surface area contributed by atoms with E-state index in [-0.39, 0.29) is 0 Å². The topological polar surface area (TPSA) is 17.1 Å². The van der Waals surface area contributed by atoms with E-state index in [1.807, 2.05) is 18.2 Å². The Balaban J connectivity index is 2.01. The molecule has 1 rings (SSSR count). The number of aldehydes is 1. The van der Waals surface area contributed by atoms with E-state index >= 15 is 0 Å². The van der Waals surface area contributed by atoms with Crippen LogP contribution in [0.15, 0.2) is 46.2 Å². The number of benzene rings is 1. The Labute approximate surface area is 166 Å². The van der Waals surface area contributed by atoms with Gasteiger partial charge in [0, 0.05) is 11.3 Å². The Morgan fingerprint density at radius 2 is 1.35 bits per heavy atom. The third kappa shape index (κ3) is 13.2. The molecule has 2 heteroatoms. The minimum Gasteiger partial charge on any atom is -0.303 e. The molecule has 0 aliphatic rings. The van der Waals surface area contributed by atoms with Crippen molar-refractivity contribution in [2.24, 2.45) is 0 Å². The third-order valence-electron chi connectivity index (χ3n) is 4.71. The highest BCUT2D eigenvalue weighted by Gasteiger charge is 2.00. The van der Waals surface area contributed by atoms with E-state index in [1.165, 1.54) is 86.9 Å². The summed E-state index contributed by atoms with van der Waals surface area (Å²) in [5.41, 5.74) is 0. The highest BCUT2D eigenvalue weighted by atomic mass is 32.2. The number of carbonyl (C=O) groups is 1. The number of hydrogen-bond acceptors (Lipinski definition) is 2. The van der Waals surface area contributed by atoms with Crippen LogP contribution in [0.1, 0.15) is 96.8 Å². The molecule has 0 aliphatic heterocycles. The highest BCUT2D eigenvalue weighted by Crippen LogP contribution is 2.28. The van der Waals surface area contributed by atoms with Crippen molar-refractivity contribution in [3.8, 4) is 0 Å². The first kappa shape index (κ1) is 23.0. The van der Waals surface area contributed by atoms with E-state index in [0.29, 0.717) is 6.42 Å². The standard InChI is InChI=1S/C24H38OS/c1-2-3-4-5-6-7-8-9-10-11-12-13-15-20-24(21-22-25)26-23-18-16-14-17-19-23/h14,16-20,22H,2-13,15,21H2,1H3/b24-20+. The van der Waals surface area contributed by atoms with Gasteiger partial charge in [-0.3, -0.25) is 0 Å². The van der Waals surface area contributed by atoms with Crippen LogP contribution in [-0.2, 0) is 4.79 Å². The Hall–Kier alpha value is -1.02. The number of rotatable bonds is 17. The second-order valence-corrected chi connectivity index (χ2v) is 8.33. The molecule has 0 saturated heterocycles. The molecule has 0 spiro atoms. The summed E-state index contributed by atoms with van der Waals surface area (Å²) in [5.74, 6) is 0. The number of carbonyl (C=O) groups excluding carboxylic acids is 1. The van der Waals surface area contributed by atoms with E-state index in [4.69, 9.17) is 0 Å². The molecule has 0 heterocycles. The lowest BCUT2D eigenvalue weighted by Gasteiger charge is -2.05. The van der Waals surface area contributed by atoms with Gasteiger partial charge in [-0.05, 0) is 29.9 Å². The molecule has 26 heavy (non-hydrogen) atoms. The second kappa shape index (κ2) is 17.4. The molecule has 0 aromatic heterocycles. The van der Waals surface area contributed by atoms with Crippen molar-refractivity contribution < 1.29 is 4.79 Å². The normalized spacial score (nSPS) is 11.7. The monoisotopic (exact) mass is 374 g/mol. The number of unbranched alkanes of at least 4 members (excludes halogenated alkanes) is 12. The summed E-state index contributed by atoms with van der Waals surface area (Å²) in [5, 5.41) is 0.